The maximum atomic E-state index is 12.2. The molecule has 0 aliphatic carbocycles. The first kappa shape index (κ1) is 20.4. The average molecular weight is 409 g/mol. The first-order chi connectivity index (χ1) is 14.0. The van der Waals surface area contributed by atoms with E-state index in [2.05, 4.69) is 10.6 Å². The Labute approximate surface area is 174 Å². The van der Waals surface area contributed by atoms with Crippen LogP contribution in [0.1, 0.15) is 21.5 Å². The molecule has 0 aliphatic rings. The van der Waals surface area contributed by atoms with E-state index in [-0.39, 0.29) is 18.2 Å². The number of ether oxygens (including phenoxy) is 1. The molecule has 0 aromatic heterocycles. The van der Waals surface area contributed by atoms with Gasteiger partial charge in [-0.1, -0.05) is 41.9 Å². The van der Waals surface area contributed by atoms with Crippen molar-refractivity contribution in [2.24, 2.45) is 0 Å². The van der Waals surface area contributed by atoms with Crippen molar-refractivity contribution in [2.45, 2.75) is 13.0 Å². The normalized spacial score (nSPS) is 10.3. The molecule has 0 fully saturated rings. The number of hydrogen-bond acceptors (Lipinski definition) is 3. The van der Waals surface area contributed by atoms with Gasteiger partial charge in [0, 0.05) is 22.8 Å². The first-order valence-corrected chi connectivity index (χ1v) is 9.47. The van der Waals surface area contributed by atoms with Crippen LogP contribution in [0.3, 0.4) is 0 Å². The summed E-state index contributed by atoms with van der Waals surface area (Å²) in [5, 5.41) is 6.22. The van der Waals surface area contributed by atoms with Crippen molar-refractivity contribution in [1.82, 2.24) is 5.32 Å². The molecule has 2 N–H and O–H groups in total. The minimum Gasteiger partial charge on any atom is -0.497 e. The second-order valence-corrected chi connectivity index (χ2v) is 6.90. The van der Waals surface area contributed by atoms with Gasteiger partial charge in [-0.05, 0) is 53.6 Å². The lowest BCUT2D eigenvalue weighted by Crippen LogP contribution is -2.24. The fourth-order valence-corrected chi connectivity index (χ4v) is 2.92. The van der Waals surface area contributed by atoms with E-state index in [1.54, 1.807) is 43.5 Å². The van der Waals surface area contributed by atoms with Gasteiger partial charge in [0.05, 0.1) is 13.5 Å². The molecule has 148 valence electrons. The molecular weight excluding hydrogens is 388 g/mol. The van der Waals surface area contributed by atoms with Gasteiger partial charge >= 0.3 is 0 Å². The summed E-state index contributed by atoms with van der Waals surface area (Å²) in [6, 6.07) is 21.5. The molecule has 3 aromatic carbocycles. The van der Waals surface area contributed by atoms with Crippen molar-refractivity contribution in [3.63, 3.8) is 0 Å². The van der Waals surface area contributed by atoms with Crippen LogP contribution in [-0.2, 0) is 17.8 Å². The van der Waals surface area contributed by atoms with Crippen LogP contribution in [0.4, 0.5) is 5.69 Å². The highest BCUT2D eigenvalue weighted by Gasteiger charge is 2.08. The van der Waals surface area contributed by atoms with Gasteiger partial charge < -0.3 is 15.4 Å². The largest absolute Gasteiger partial charge is 0.497 e. The molecule has 0 radical (unpaired) electrons. The van der Waals surface area contributed by atoms with Crippen molar-refractivity contribution in [3.8, 4) is 5.75 Å². The lowest BCUT2D eigenvalue weighted by atomic mass is 10.1. The number of nitrogens with one attached hydrogen (secondary N) is 2. The van der Waals surface area contributed by atoms with Gasteiger partial charge in [0.25, 0.3) is 5.91 Å². The molecule has 0 bridgehead atoms. The number of rotatable bonds is 7. The summed E-state index contributed by atoms with van der Waals surface area (Å²) in [6.45, 7) is 0.455. The third-order valence-corrected chi connectivity index (χ3v) is 4.55. The number of anilines is 1. The van der Waals surface area contributed by atoms with Crippen LogP contribution in [-0.4, -0.2) is 18.9 Å². The number of methoxy groups -OCH3 is 1. The zero-order valence-corrected chi connectivity index (χ0v) is 16.7. The zero-order valence-electron chi connectivity index (χ0n) is 15.9. The fraction of sp³-hybridized carbons (Fsp3) is 0.130. The standard InChI is InChI=1S/C23H21ClN2O3/c1-29-21-11-7-17(8-12-21)15-25-22(27)13-16-5-9-20(10-6-16)26-23(28)18-3-2-4-19(24)14-18/h2-12,14H,13,15H2,1H3,(H,25,27)(H,26,28). The molecule has 0 atom stereocenters. The Hall–Kier alpha value is -3.31. The van der Waals surface area contributed by atoms with Gasteiger partial charge in [-0.25, -0.2) is 0 Å². The predicted molar refractivity (Wildman–Crippen MR) is 114 cm³/mol. The topological polar surface area (TPSA) is 67.4 Å². The second kappa shape index (κ2) is 9.75. The summed E-state index contributed by atoms with van der Waals surface area (Å²) >= 11 is 5.92. The summed E-state index contributed by atoms with van der Waals surface area (Å²) in [7, 11) is 1.62. The van der Waals surface area contributed by atoms with Crippen LogP contribution in [0.15, 0.2) is 72.8 Å². The number of halogens is 1. The molecule has 3 aromatic rings. The van der Waals surface area contributed by atoms with Gasteiger partial charge in [0.15, 0.2) is 0 Å². The van der Waals surface area contributed by atoms with Gasteiger partial charge in [-0.2, -0.15) is 0 Å². The molecule has 0 saturated carbocycles. The first-order valence-electron chi connectivity index (χ1n) is 9.09. The molecular formula is C23H21ClN2O3. The second-order valence-electron chi connectivity index (χ2n) is 6.46. The van der Waals surface area contributed by atoms with Crippen molar-refractivity contribution < 1.29 is 14.3 Å². The highest BCUT2D eigenvalue weighted by Crippen LogP contribution is 2.15. The summed E-state index contributed by atoms with van der Waals surface area (Å²) in [6.07, 6.45) is 0.263. The Morgan fingerprint density at radius 3 is 2.28 bits per heavy atom. The Bertz CT molecular complexity index is 986. The molecule has 5 nitrogen and oxygen atoms in total. The summed E-state index contributed by atoms with van der Waals surface area (Å²) < 4.78 is 5.12. The maximum absolute atomic E-state index is 12.2. The van der Waals surface area contributed by atoms with Crippen molar-refractivity contribution in [2.75, 3.05) is 12.4 Å². The van der Waals surface area contributed by atoms with E-state index < -0.39 is 0 Å². The van der Waals surface area contributed by atoms with Crippen LogP contribution in [0.2, 0.25) is 5.02 Å². The Balaban J connectivity index is 1.50. The third kappa shape index (κ3) is 6.09. The molecule has 0 unspecified atom stereocenters. The van der Waals surface area contributed by atoms with Crippen LogP contribution >= 0.6 is 11.6 Å². The monoisotopic (exact) mass is 408 g/mol. The van der Waals surface area contributed by atoms with E-state index >= 15 is 0 Å². The van der Waals surface area contributed by atoms with Crippen LogP contribution in [0.25, 0.3) is 0 Å². The SMILES string of the molecule is COc1ccc(CNC(=O)Cc2ccc(NC(=O)c3cccc(Cl)c3)cc2)cc1. The highest BCUT2D eigenvalue weighted by atomic mass is 35.5. The summed E-state index contributed by atoms with van der Waals surface area (Å²) in [4.78, 5) is 24.4. The Morgan fingerprint density at radius 1 is 0.931 bits per heavy atom. The van der Waals surface area contributed by atoms with Crippen molar-refractivity contribution in [3.05, 3.63) is 94.5 Å². The number of benzene rings is 3. The van der Waals surface area contributed by atoms with Crippen molar-refractivity contribution in [1.29, 1.82) is 0 Å². The molecule has 6 heteroatoms. The molecule has 0 heterocycles. The van der Waals surface area contributed by atoms with E-state index in [0.717, 1.165) is 16.9 Å². The Morgan fingerprint density at radius 2 is 1.62 bits per heavy atom. The van der Waals surface area contributed by atoms with Crippen molar-refractivity contribution >= 4 is 29.1 Å². The minimum atomic E-state index is -0.238. The Kier molecular flexibility index (Phi) is 6.87. The summed E-state index contributed by atoms with van der Waals surface area (Å²) in [5.74, 6) is 0.469. The highest BCUT2D eigenvalue weighted by molar-refractivity contribution is 6.31. The zero-order chi connectivity index (χ0) is 20.6. The van der Waals surface area contributed by atoms with Gasteiger partial charge in [0.1, 0.15) is 5.75 Å². The van der Waals surface area contributed by atoms with E-state index in [1.165, 1.54) is 0 Å². The van der Waals surface area contributed by atoms with Gasteiger partial charge in [-0.3, -0.25) is 9.59 Å². The molecule has 3 rings (SSSR count). The van der Waals surface area contributed by atoms with Crippen LogP contribution in [0, 0.1) is 0 Å². The molecule has 0 aliphatic heterocycles. The quantitative estimate of drug-likeness (QED) is 0.606. The molecule has 29 heavy (non-hydrogen) atoms. The molecule has 0 saturated heterocycles. The molecule has 2 amide bonds. The third-order valence-electron chi connectivity index (χ3n) is 4.31. The fourth-order valence-electron chi connectivity index (χ4n) is 2.73. The average Bonchev–Trinajstić information content (AvgIpc) is 2.74. The number of carbonyl (C=O) groups is 2. The minimum absolute atomic E-state index is 0.0727. The predicted octanol–water partition coefficient (Wildman–Crippen LogP) is 4.46. The van der Waals surface area contributed by atoms with E-state index in [0.29, 0.717) is 22.8 Å². The van der Waals surface area contributed by atoms with E-state index in [4.69, 9.17) is 16.3 Å². The maximum Gasteiger partial charge on any atom is 0.255 e. The van der Waals surface area contributed by atoms with Gasteiger partial charge in [0.2, 0.25) is 5.91 Å². The number of carbonyl (C=O) groups excluding carboxylic acids is 2. The lowest BCUT2D eigenvalue weighted by Gasteiger charge is -2.08. The number of hydrogen-bond donors (Lipinski definition) is 2. The molecule has 0 spiro atoms. The van der Waals surface area contributed by atoms with Crippen LogP contribution in [0.5, 0.6) is 5.75 Å². The van der Waals surface area contributed by atoms with E-state index in [1.807, 2.05) is 36.4 Å². The number of amides is 2. The van der Waals surface area contributed by atoms with Gasteiger partial charge in [-0.15, -0.1) is 0 Å². The summed E-state index contributed by atoms with van der Waals surface area (Å²) in [5.41, 5.74) is 2.99. The smallest absolute Gasteiger partial charge is 0.255 e. The lowest BCUT2D eigenvalue weighted by molar-refractivity contribution is -0.120. The van der Waals surface area contributed by atoms with E-state index in [9.17, 15) is 9.59 Å². The van der Waals surface area contributed by atoms with Crippen LogP contribution < -0.4 is 15.4 Å².